The van der Waals surface area contributed by atoms with Crippen molar-refractivity contribution >= 4 is 51.0 Å². The van der Waals surface area contributed by atoms with Crippen LogP contribution in [0, 0.1) is 0 Å². The second-order valence-electron chi connectivity index (χ2n) is 9.03. The fraction of sp³-hybridized carbons (Fsp3) is 0.0323. The number of hydrogen-bond donors (Lipinski definition) is 0. The van der Waals surface area contributed by atoms with Crippen LogP contribution in [0.25, 0.3) is 32.9 Å². The topological polar surface area (TPSA) is 8.17 Å². The summed E-state index contributed by atoms with van der Waals surface area (Å²) < 4.78 is 2.58. The molecule has 2 nitrogen and oxygen atoms in total. The fourth-order valence-corrected chi connectivity index (χ4v) is 5.80. The van der Waals surface area contributed by atoms with Crippen molar-refractivity contribution in [3.05, 3.63) is 121 Å². The molecule has 34 heavy (non-hydrogen) atoms. The molecular formula is C31H23BN2. The summed E-state index contributed by atoms with van der Waals surface area (Å²) in [5, 5.41) is 2.59. The van der Waals surface area contributed by atoms with Crippen molar-refractivity contribution < 1.29 is 0 Å². The fourth-order valence-electron chi connectivity index (χ4n) is 5.80. The number of para-hydroxylation sites is 4. The summed E-state index contributed by atoms with van der Waals surface area (Å²) in [7, 11) is 2.18. The molecule has 0 amide bonds. The van der Waals surface area contributed by atoms with Crippen LogP contribution >= 0.6 is 0 Å². The van der Waals surface area contributed by atoms with Gasteiger partial charge in [0.1, 0.15) is 0 Å². The van der Waals surface area contributed by atoms with E-state index in [9.17, 15) is 0 Å². The maximum absolute atomic E-state index is 2.58. The van der Waals surface area contributed by atoms with Crippen LogP contribution in [0.5, 0.6) is 0 Å². The summed E-state index contributed by atoms with van der Waals surface area (Å²) in [5.74, 6) is 0. The van der Waals surface area contributed by atoms with Crippen LogP contribution in [0.15, 0.2) is 121 Å². The Balaban J connectivity index is 1.66. The van der Waals surface area contributed by atoms with Crippen LogP contribution in [0.3, 0.4) is 0 Å². The molecule has 1 aliphatic rings. The molecule has 2 heterocycles. The first-order chi connectivity index (χ1) is 16.8. The Morgan fingerprint density at radius 1 is 0.529 bits per heavy atom. The summed E-state index contributed by atoms with van der Waals surface area (Å²) in [6.45, 7) is 0.0795. The van der Waals surface area contributed by atoms with E-state index in [1.165, 1.54) is 55.2 Å². The molecule has 0 spiro atoms. The first-order valence-corrected chi connectivity index (χ1v) is 11.8. The highest BCUT2D eigenvalue weighted by molar-refractivity contribution is 6.88. The average molecular weight is 434 g/mol. The standard InChI is InChI=1S/C31H23BN2/c1-33-29-20-9-6-17-26(29)32(27-18-7-10-21-30(27)33)34-28-19-8-5-14-24(28)25-16-11-15-23(31(25)34)22-12-3-2-4-13-22/h2-21H,1H3. The smallest absolute Gasteiger partial charge is 0.332 e. The molecule has 0 aliphatic carbocycles. The average Bonchev–Trinajstić information content (AvgIpc) is 3.24. The highest BCUT2D eigenvalue weighted by Gasteiger charge is 2.36. The Bertz CT molecular complexity index is 1640. The van der Waals surface area contributed by atoms with Crippen molar-refractivity contribution in [2.24, 2.45) is 0 Å². The van der Waals surface area contributed by atoms with Crippen LogP contribution in [0.4, 0.5) is 11.4 Å². The third-order valence-corrected chi connectivity index (χ3v) is 7.26. The van der Waals surface area contributed by atoms with Gasteiger partial charge in [-0.1, -0.05) is 103 Å². The lowest BCUT2D eigenvalue weighted by atomic mass is 9.47. The number of hydrogen-bond acceptors (Lipinski definition) is 1. The summed E-state index contributed by atoms with van der Waals surface area (Å²) >= 11 is 0. The van der Waals surface area contributed by atoms with E-state index in [2.05, 4.69) is 138 Å². The molecule has 0 saturated carbocycles. The van der Waals surface area contributed by atoms with E-state index in [1.807, 2.05) is 0 Å². The number of fused-ring (bicyclic) bond motifs is 5. The minimum absolute atomic E-state index is 0.0795. The van der Waals surface area contributed by atoms with E-state index >= 15 is 0 Å². The lowest BCUT2D eigenvalue weighted by Crippen LogP contribution is -2.54. The van der Waals surface area contributed by atoms with Crippen LogP contribution < -0.4 is 15.8 Å². The largest absolute Gasteiger partial charge is 0.375 e. The first kappa shape index (κ1) is 19.3. The Kier molecular flexibility index (Phi) is 4.19. The van der Waals surface area contributed by atoms with Gasteiger partial charge in [0.25, 0.3) is 0 Å². The molecule has 0 fully saturated rings. The Labute approximate surface area is 199 Å². The van der Waals surface area contributed by atoms with Gasteiger partial charge >= 0.3 is 6.85 Å². The first-order valence-electron chi connectivity index (χ1n) is 11.8. The second-order valence-corrected chi connectivity index (χ2v) is 9.03. The van der Waals surface area contributed by atoms with Gasteiger partial charge in [0.2, 0.25) is 0 Å². The molecule has 0 unspecified atom stereocenters. The number of benzene rings is 5. The molecule has 0 atom stereocenters. The summed E-state index contributed by atoms with van der Waals surface area (Å²) in [6, 6.07) is 44.0. The van der Waals surface area contributed by atoms with E-state index in [4.69, 9.17) is 0 Å². The monoisotopic (exact) mass is 434 g/mol. The SMILES string of the molecule is CN1c2ccccc2B(n2c3ccccc3c3cccc(-c4ccccc4)c32)c2ccccc21. The zero-order chi connectivity index (χ0) is 22.6. The molecule has 3 heteroatoms. The number of rotatable bonds is 2. The Morgan fingerprint density at radius 3 is 1.85 bits per heavy atom. The molecular weight excluding hydrogens is 411 g/mol. The maximum Gasteiger partial charge on any atom is 0.332 e. The normalized spacial score (nSPS) is 12.7. The number of anilines is 2. The van der Waals surface area contributed by atoms with Gasteiger partial charge in [-0.3, -0.25) is 0 Å². The van der Waals surface area contributed by atoms with Crippen molar-refractivity contribution in [2.75, 3.05) is 11.9 Å². The molecule has 0 saturated heterocycles. The van der Waals surface area contributed by atoms with E-state index < -0.39 is 0 Å². The Hall–Kier alpha value is -4.24. The summed E-state index contributed by atoms with van der Waals surface area (Å²) in [5.41, 5.74) is 10.2. The van der Waals surface area contributed by atoms with Crippen molar-refractivity contribution in [3.8, 4) is 11.1 Å². The zero-order valence-electron chi connectivity index (χ0n) is 19.0. The van der Waals surface area contributed by atoms with Crippen LogP contribution in [-0.2, 0) is 0 Å². The van der Waals surface area contributed by atoms with Gasteiger partial charge in [0.05, 0.1) is 0 Å². The molecule has 5 aromatic carbocycles. The second kappa shape index (κ2) is 7.39. The lowest BCUT2D eigenvalue weighted by molar-refractivity contribution is 1.20. The number of aromatic nitrogens is 1. The molecule has 6 aromatic rings. The lowest BCUT2D eigenvalue weighted by Gasteiger charge is -2.35. The van der Waals surface area contributed by atoms with Gasteiger partial charge in [-0.05, 0) is 34.7 Å². The predicted octanol–water partition coefficient (Wildman–Crippen LogP) is 6.20. The van der Waals surface area contributed by atoms with Crippen LogP contribution in [0.2, 0.25) is 0 Å². The Morgan fingerprint density at radius 2 is 1.12 bits per heavy atom. The maximum atomic E-state index is 2.58. The van der Waals surface area contributed by atoms with E-state index in [0.29, 0.717) is 0 Å². The van der Waals surface area contributed by atoms with E-state index in [1.54, 1.807) is 0 Å². The van der Waals surface area contributed by atoms with Gasteiger partial charge in [-0.25, -0.2) is 0 Å². The predicted molar refractivity (Wildman–Crippen MR) is 146 cm³/mol. The quantitative estimate of drug-likeness (QED) is 0.295. The summed E-state index contributed by atoms with van der Waals surface area (Å²) in [4.78, 5) is 2.33. The van der Waals surface area contributed by atoms with Crippen molar-refractivity contribution in [3.63, 3.8) is 0 Å². The van der Waals surface area contributed by atoms with Crippen molar-refractivity contribution in [1.82, 2.24) is 4.48 Å². The molecule has 160 valence electrons. The molecule has 1 aliphatic heterocycles. The molecule has 7 rings (SSSR count). The van der Waals surface area contributed by atoms with E-state index in [0.717, 1.165) is 0 Å². The van der Waals surface area contributed by atoms with Gasteiger partial charge in [-0.15, -0.1) is 0 Å². The van der Waals surface area contributed by atoms with Crippen molar-refractivity contribution in [1.29, 1.82) is 0 Å². The highest BCUT2D eigenvalue weighted by Crippen LogP contribution is 2.37. The van der Waals surface area contributed by atoms with Gasteiger partial charge < -0.3 is 9.38 Å². The third-order valence-electron chi connectivity index (χ3n) is 7.26. The minimum Gasteiger partial charge on any atom is -0.375 e. The molecule has 0 N–H and O–H groups in total. The number of nitrogens with zero attached hydrogens (tertiary/aromatic N) is 2. The molecule has 0 radical (unpaired) electrons. The third kappa shape index (κ3) is 2.64. The molecule has 0 bridgehead atoms. The van der Waals surface area contributed by atoms with Gasteiger partial charge in [0, 0.05) is 45.8 Å². The van der Waals surface area contributed by atoms with Gasteiger partial charge in [-0.2, -0.15) is 0 Å². The van der Waals surface area contributed by atoms with Crippen molar-refractivity contribution in [2.45, 2.75) is 0 Å². The summed E-state index contributed by atoms with van der Waals surface area (Å²) in [6.07, 6.45) is 0. The van der Waals surface area contributed by atoms with Crippen LogP contribution in [0.1, 0.15) is 0 Å². The van der Waals surface area contributed by atoms with Crippen LogP contribution in [-0.4, -0.2) is 18.4 Å². The van der Waals surface area contributed by atoms with Gasteiger partial charge in [0.15, 0.2) is 0 Å². The minimum atomic E-state index is 0.0795. The molecule has 1 aromatic heterocycles. The zero-order valence-corrected chi connectivity index (χ0v) is 19.0. The van der Waals surface area contributed by atoms with E-state index in [-0.39, 0.29) is 6.85 Å². The highest BCUT2D eigenvalue weighted by atomic mass is 15.1.